The number of allylic oxidation sites excluding steroid dienone is 1. The number of hydrogen-bond donors (Lipinski definition) is 1. The number of esters is 1. The van der Waals surface area contributed by atoms with E-state index < -0.39 is 33.6 Å². The molecule has 3 aromatic rings. The minimum Gasteiger partial charge on any atom is -0.465 e. The summed E-state index contributed by atoms with van der Waals surface area (Å²) in [7, 11) is -2.69. The molecule has 0 bridgehead atoms. The lowest BCUT2D eigenvalue weighted by atomic mass is 10.1. The van der Waals surface area contributed by atoms with Crippen molar-refractivity contribution in [3.8, 4) is 0 Å². The highest BCUT2D eigenvalue weighted by atomic mass is 32.2. The third kappa shape index (κ3) is 5.41. The van der Waals surface area contributed by atoms with E-state index in [1.165, 1.54) is 43.3 Å². The van der Waals surface area contributed by atoms with Crippen LogP contribution in [0.4, 0.5) is 18.9 Å². The summed E-state index contributed by atoms with van der Waals surface area (Å²) in [6.07, 6.45) is -3.38. The molecule has 0 unspecified atom stereocenters. The van der Waals surface area contributed by atoms with Gasteiger partial charge in [-0.15, -0.1) is 0 Å². The Labute approximate surface area is 216 Å². The third-order valence-electron chi connectivity index (χ3n) is 5.68. The van der Waals surface area contributed by atoms with E-state index in [4.69, 9.17) is 9.15 Å². The minimum atomic E-state index is -4.63. The smallest absolute Gasteiger partial charge is 0.416 e. The van der Waals surface area contributed by atoms with Gasteiger partial charge in [-0.05, 0) is 55.5 Å². The lowest BCUT2D eigenvalue weighted by Crippen LogP contribution is -2.24. The molecule has 0 aliphatic carbocycles. The zero-order chi connectivity index (χ0) is 27.7. The van der Waals surface area contributed by atoms with Crippen LogP contribution in [0.25, 0.3) is 6.08 Å². The second kappa shape index (κ2) is 10.3. The first-order valence-electron chi connectivity index (χ1n) is 11.1. The molecule has 8 nitrogen and oxygen atoms in total. The van der Waals surface area contributed by atoms with E-state index in [-0.39, 0.29) is 45.5 Å². The van der Waals surface area contributed by atoms with Crippen LogP contribution in [0.3, 0.4) is 0 Å². The van der Waals surface area contributed by atoms with Gasteiger partial charge in [-0.3, -0.25) is 9.69 Å². The maximum absolute atomic E-state index is 13.3. The highest BCUT2D eigenvalue weighted by Gasteiger charge is 2.39. The summed E-state index contributed by atoms with van der Waals surface area (Å²) in [6, 6.07) is 14.8. The number of methoxy groups -OCH3 is 1. The zero-order valence-electron chi connectivity index (χ0n) is 20.1. The van der Waals surface area contributed by atoms with Gasteiger partial charge in [0.2, 0.25) is 10.0 Å². The Kier molecular flexibility index (Phi) is 7.29. The van der Waals surface area contributed by atoms with Crippen LogP contribution in [0.2, 0.25) is 0 Å². The molecule has 198 valence electrons. The summed E-state index contributed by atoms with van der Waals surface area (Å²) in [5.74, 6) is -1.29. The van der Waals surface area contributed by atoms with E-state index in [1.54, 1.807) is 18.2 Å². The average Bonchev–Trinajstić information content (AvgIpc) is 3.44. The summed E-state index contributed by atoms with van der Waals surface area (Å²) in [5.41, 5.74) is -1.26. The number of carbonyl (C=O) groups excluding carboxylic acids is 2. The van der Waals surface area contributed by atoms with Gasteiger partial charge in [0.1, 0.15) is 11.5 Å². The quantitative estimate of drug-likeness (QED) is 0.342. The van der Waals surface area contributed by atoms with Crippen LogP contribution in [0.15, 0.2) is 92.9 Å². The fourth-order valence-corrected chi connectivity index (χ4v) is 4.89. The number of hydrogen-bond acceptors (Lipinski definition) is 6. The zero-order valence-corrected chi connectivity index (χ0v) is 20.9. The third-order valence-corrected chi connectivity index (χ3v) is 7.10. The number of nitrogens with one attached hydrogen (secondary N) is 1. The number of carbonyl (C=O) groups is 2. The van der Waals surface area contributed by atoms with Crippen molar-refractivity contribution in [3.05, 3.63) is 101 Å². The van der Waals surface area contributed by atoms with Gasteiger partial charge in [0.05, 0.1) is 35.3 Å². The molecule has 2 heterocycles. The van der Waals surface area contributed by atoms with Crippen LogP contribution < -0.4 is 9.62 Å². The molecule has 0 radical (unpaired) electrons. The molecule has 1 amide bonds. The number of halogens is 3. The molecule has 12 heteroatoms. The summed E-state index contributed by atoms with van der Waals surface area (Å²) in [5, 5.41) is 0. The fourth-order valence-electron chi connectivity index (χ4n) is 3.87. The number of sulfonamides is 1. The molecule has 38 heavy (non-hydrogen) atoms. The van der Waals surface area contributed by atoms with Crippen molar-refractivity contribution in [2.24, 2.45) is 0 Å². The molecule has 0 saturated heterocycles. The summed E-state index contributed by atoms with van der Waals surface area (Å²) >= 11 is 0. The molecule has 1 aliphatic heterocycles. The van der Waals surface area contributed by atoms with Gasteiger partial charge in [0.25, 0.3) is 5.91 Å². The van der Waals surface area contributed by atoms with Crippen molar-refractivity contribution in [1.29, 1.82) is 0 Å². The fraction of sp³-hybridized carbons (Fsp3) is 0.154. The summed E-state index contributed by atoms with van der Waals surface area (Å²) < 4.78 is 77.5. The van der Waals surface area contributed by atoms with E-state index >= 15 is 0 Å². The van der Waals surface area contributed by atoms with Gasteiger partial charge in [-0.25, -0.2) is 17.9 Å². The molecule has 4 rings (SSSR count). The number of alkyl halides is 3. The molecule has 1 aliphatic rings. The second-order valence-corrected chi connectivity index (χ2v) is 9.91. The van der Waals surface area contributed by atoms with E-state index in [9.17, 15) is 31.2 Å². The predicted octanol–water partition coefficient (Wildman–Crippen LogP) is 4.65. The van der Waals surface area contributed by atoms with Gasteiger partial charge in [-0.2, -0.15) is 13.2 Å². The maximum atomic E-state index is 13.3. The molecule has 0 spiro atoms. The molecular formula is C26H21F3N2O6S. The Hall–Kier alpha value is -4.16. The maximum Gasteiger partial charge on any atom is 0.416 e. The SMILES string of the molecule is COC(=O)C1=C(C)N(c2cccc(C(F)(F)F)c2)C(=O)/C1=C\c1ccc(CNS(=O)(=O)c2ccccc2)o1. The van der Waals surface area contributed by atoms with Crippen LogP contribution in [0.5, 0.6) is 0 Å². The van der Waals surface area contributed by atoms with Crippen LogP contribution in [-0.4, -0.2) is 27.4 Å². The first-order valence-corrected chi connectivity index (χ1v) is 12.6. The van der Waals surface area contributed by atoms with Crippen LogP contribution in [0.1, 0.15) is 24.0 Å². The Balaban J connectivity index is 1.63. The molecule has 0 fully saturated rings. The molecule has 1 N–H and O–H groups in total. The summed E-state index contributed by atoms with van der Waals surface area (Å²) in [4.78, 5) is 26.9. The highest BCUT2D eigenvalue weighted by Crippen LogP contribution is 2.38. The van der Waals surface area contributed by atoms with E-state index in [1.807, 2.05) is 0 Å². The van der Waals surface area contributed by atoms with E-state index in [0.29, 0.717) is 0 Å². The van der Waals surface area contributed by atoms with Gasteiger partial charge in [0, 0.05) is 11.4 Å². The van der Waals surface area contributed by atoms with Crippen LogP contribution in [-0.2, 0) is 37.1 Å². The molecule has 1 aromatic heterocycles. The lowest BCUT2D eigenvalue weighted by molar-refractivity contribution is -0.137. The predicted molar refractivity (Wildman–Crippen MR) is 131 cm³/mol. The van der Waals surface area contributed by atoms with Crippen LogP contribution >= 0.6 is 0 Å². The number of amides is 1. The van der Waals surface area contributed by atoms with Crippen molar-refractivity contribution < 1.29 is 40.3 Å². The number of nitrogens with zero attached hydrogens (tertiary/aromatic N) is 1. The number of anilines is 1. The average molecular weight is 547 g/mol. The highest BCUT2D eigenvalue weighted by molar-refractivity contribution is 7.89. The normalized spacial score (nSPS) is 15.4. The Bertz CT molecular complexity index is 1560. The van der Waals surface area contributed by atoms with Crippen molar-refractivity contribution >= 4 is 33.7 Å². The monoisotopic (exact) mass is 546 g/mol. The minimum absolute atomic E-state index is 0.0727. The van der Waals surface area contributed by atoms with Gasteiger partial charge >= 0.3 is 12.1 Å². The van der Waals surface area contributed by atoms with Crippen molar-refractivity contribution in [2.75, 3.05) is 12.0 Å². The molecule has 0 saturated carbocycles. The molecule has 2 aromatic carbocycles. The first-order chi connectivity index (χ1) is 17.9. The Morgan fingerprint density at radius 1 is 1.08 bits per heavy atom. The van der Waals surface area contributed by atoms with Crippen LogP contribution in [0, 0.1) is 0 Å². The van der Waals surface area contributed by atoms with Gasteiger partial charge in [0.15, 0.2) is 0 Å². The Morgan fingerprint density at radius 2 is 1.79 bits per heavy atom. The van der Waals surface area contributed by atoms with Gasteiger partial charge < -0.3 is 9.15 Å². The number of furan rings is 1. The first kappa shape index (κ1) is 26.9. The van der Waals surface area contributed by atoms with Crippen molar-refractivity contribution in [1.82, 2.24) is 4.72 Å². The van der Waals surface area contributed by atoms with E-state index in [0.717, 1.165) is 30.2 Å². The molecular weight excluding hydrogens is 525 g/mol. The van der Waals surface area contributed by atoms with E-state index in [2.05, 4.69) is 4.72 Å². The lowest BCUT2D eigenvalue weighted by Gasteiger charge is -2.19. The topological polar surface area (TPSA) is 106 Å². The van der Waals surface area contributed by atoms with Crippen molar-refractivity contribution in [2.45, 2.75) is 24.5 Å². The van der Waals surface area contributed by atoms with Crippen molar-refractivity contribution in [3.63, 3.8) is 0 Å². The number of ether oxygens (including phenoxy) is 1. The number of benzene rings is 2. The molecule has 0 atom stereocenters. The second-order valence-electron chi connectivity index (χ2n) is 8.14. The largest absolute Gasteiger partial charge is 0.465 e. The Morgan fingerprint density at radius 3 is 2.45 bits per heavy atom. The number of rotatable bonds is 7. The van der Waals surface area contributed by atoms with Gasteiger partial charge in [-0.1, -0.05) is 24.3 Å². The summed E-state index contributed by atoms with van der Waals surface area (Å²) in [6.45, 7) is 1.22. The standard InChI is InChI=1S/C26H21F3N2O6S/c1-16-23(25(33)36-2)22(24(32)31(16)18-8-6-7-17(13-18)26(27,28)29)14-19-11-12-20(37-19)15-30-38(34,35)21-9-4-3-5-10-21/h3-14,30H,15H2,1-2H3/b22-14-.